The lowest BCUT2D eigenvalue weighted by Gasteiger charge is -2.17. The lowest BCUT2D eigenvalue weighted by Crippen LogP contribution is -2.21. The van der Waals surface area contributed by atoms with Crippen molar-refractivity contribution in [2.45, 2.75) is 26.2 Å². The van der Waals surface area contributed by atoms with Crippen LogP contribution in [0.5, 0.6) is 0 Å². The van der Waals surface area contributed by atoms with Crippen molar-refractivity contribution in [3.05, 3.63) is 44.8 Å². The third-order valence-electron chi connectivity index (χ3n) is 4.44. The van der Waals surface area contributed by atoms with Crippen LogP contribution in [0.2, 0.25) is 5.02 Å². The maximum atomic E-state index is 12.2. The number of benzene rings is 1. The van der Waals surface area contributed by atoms with Crippen LogP contribution < -0.4 is 11.1 Å². The molecule has 27 heavy (non-hydrogen) atoms. The normalized spacial score (nSPS) is 15.5. The minimum absolute atomic E-state index is 0.211. The summed E-state index contributed by atoms with van der Waals surface area (Å²) in [5.74, 6) is -0.597. The molecule has 0 aliphatic heterocycles. The van der Waals surface area contributed by atoms with Gasteiger partial charge in [-0.1, -0.05) is 18.5 Å². The van der Waals surface area contributed by atoms with E-state index in [4.69, 9.17) is 22.1 Å². The standard InChI is InChI=1S/C19H18ClN3O3S/c1-10-2-4-12-13(8-21)18(27-16(12)6-10)23-17(24)9-26-19(25)11-3-5-14(20)15(22)7-11/h3,5,7,10H,2,4,6,9,22H2,1H3,(H,23,24). The zero-order valence-electron chi connectivity index (χ0n) is 14.7. The largest absolute Gasteiger partial charge is 0.452 e. The van der Waals surface area contributed by atoms with Crippen LogP contribution in [0.25, 0.3) is 0 Å². The molecule has 8 heteroatoms. The molecule has 0 radical (unpaired) electrons. The van der Waals surface area contributed by atoms with E-state index in [-0.39, 0.29) is 11.3 Å². The second kappa shape index (κ2) is 7.99. The number of rotatable bonds is 4. The zero-order chi connectivity index (χ0) is 19.6. The predicted octanol–water partition coefficient (Wildman–Crippen LogP) is 3.78. The highest BCUT2D eigenvalue weighted by atomic mass is 35.5. The second-order valence-electron chi connectivity index (χ2n) is 6.53. The molecule has 1 atom stereocenters. The molecule has 6 nitrogen and oxygen atoms in total. The van der Waals surface area contributed by atoms with Crippen molar-refractivity contribution in [1.29, 1.82) is 5.26 Å². The summed E-state index contributed by atoms with van der Waals surface area (Å²) < 4.78 is 5.02. The van der Waals surface area contributed by atoms with Crippen LogP contribution in [0, 0.1) is 17.2 Å². The van der Waals surface area contributed by atoms with Crippen molar-refractivity contribution in [1.82, 2.24) is 0 Å². The molecule has 2 aromatic rings. The zero-order valence-corrected chi connectivity index (χ0v) is 16.2. The van der Waals surface area contributed by atoms with Crippen LogP contribution in [-0.4, -0.2) is 18.5 Å². The first kappa shape index (κ1) is 19.2. The Labute approximate surface area is 165 Å². The Balaban J connectivity index is 1.64. The van der Waals surface area contributed by atoms with Crippen molar-refractivity contribution in [2.75, 3.05) is 17.7 Å². The average Bonchev–Trinajstić information content (AvgIpc) is 2.97. The van der Waals surface area contributed by atoms with Gasteiger partial charge in [-0.05, 0) is 48.9 Å². The molecule has 1 unspecified atom stereocenters. The highest BCUT2D eigenvalue weighted by Crippen LogP contribution is 2.39. The molecule has 0 fully saturated rings. The molecule has 140 valence electrons. The van der Waals surface area contributed by atoms with E-state index in [1.807, 2.05) is 0 Å². The van der Waals surface area contributed by atoms with Gasteiger partial charge in [0.15, 0.2) is 6.61 Å². The van der Waals surface area contributed by atoms with Crippen LogP contribution in [0.1, 0.15) is 39.7 Å². The third-order valence-corrected chi connectivity index (χ3v) is 5.96. The first-order valence-corrected chi connectivity index (χ1v) is 9.65. The summed E-state index contributed by atoms with van der Waals surface area (Å²) in [6.45, 7) is 1.72. The maximum absolute atomic E-state index is 12.2. The summed E-state index contributed by atoms with van der Waals surface area (Å²) >= 11 is 7.24. The molecule has 1 aliphatic rings. The number of fused-ring (bicyclic) bond motifs is 1. The highest BCUT2D eigenvalue weighted by Gasteiger charge is 2.24. The topological polar surface area (TPSA) is 105 Å². The van der Waals surface area contributed by atoms with Crippen molar-refractivity contribution in [3.8, 4) is 6.07 Å². The molecule has 0 bridgehead atoms. The van der Waals surface area contributed by atoms with E-state index in [9.17, 15) is 14.9 Å². The number of carbonyl (C=O) groups is 2. The van der Waals surface area contributed by atoms with E-state index in [0.717, 1.165) is 29.7 Å². The van der Waals surface area contributed by atoms with Gasteiger partial charge in [0.1, 0.15) is 11.1 Å². The van der Waals surface area contributed by atoms with E-state index in [1.165, 1.54) is 29.5 Å². The first-order chi connectivity index (χ1) is 12.9. The molecular weight excluding hydrogens is 386 g/mol. The Morgan fingerprint density at radius 3 is 2.96 bits per heavy atom. The van der Waals surface area contributed by atoms with Gasteiger partial charge in [-0.2, -0.15) is 5.26 Å². The predicted molar refractivity (Wildman–Crippen MR) is 105 cm³/mol. The van der Waals surface area contributed by atoms with Crippen molar-refractivity contribution in [2.24, 2.45) is 5.92 Å². The molecule has 3 N–H and O–H groups in total. The maximum Gasteiger partial charge on any atom is 0.338 e. The van der Waals surface area contributed by atoms with Gasteiger partial charge < -0.3 is 15.8 Å². The van der Waals surface area contributed by atoms with Crippen LogP contribution in [0.3, 0.4) is 0 Å². The van der Waals surface area contributed by atoms with Gasteiger partial charge in [0.05, 0.1) is 21.8 Å². The van der Waals surface area contributed by atoms with Crippen molar-refractivity contribution < 1.29 is 14.3 Å². The number of halogens is 1. The van der Waals surface area contributed by atoms with E-state index < -0.39 is 18.5 Å². The minimum atomic E-state index is -0.673. The van der Waals surface area contributed by atoms with E-state index in [0.29, 0.717) is 21.5 Å². The average molecular weight is 404 g/mol. The molecule has 0 spiro atoms. The Bertz CT molecular complexity index is 948. The number of nitrogen functional groups attached to an aromatic ring is 1. The Hall–Kier alpha value is -2.56. The summed E-state index contributed by atoms with van der Waals surface area (Å²) in [7, 11) is 0. The number of nitrogens with one attached hydrogen (secondary N) is 1. The second-order valence-corrected chi connectivity index (χ2v) is 8.04. The lowest BCUT2D eigenvalue weighted by molar-refractivity contribution is -0.119. The molecule has 3 rings (SSSR count). The fraction of sp³-hybridized carbons (Fsp3) is 0.316. The highest BCUT2D eigenvalue weighted by molar-refractivity contribution is 7.16. The Morgan fingerprint density at radius 1 is 1.48 bits per heavy atom. The fourth-order valence-electron chi connectivity index (χ4n) is 3.00. The van der Waals surface area contributed by atoms with Gasteiger partial charge in [0.2, 0.25) is 0 Å². The van der Waals surface area contributed by atoms with Crippen molar-refractivity contribution in [3.63, 3.8) is 0 Å². The molecule has 1 heterocycles. The van der Waals surface area contributed by atoms with Crippen LogP contribution in [-0.2, 0) is 22.4 Å². The smallest absolute Gasteiger partial charge is 0.338 e. The number of nitrogens with zero attached hydrogens (tertiary/aromatic N) is 1. The molecule has 0 saturated heterocycles. The van der Waals surface area contributed by atoms with Gasteiger partial charge >= 0.3 is 5.97 Å². The first-order valence-electron chi connectivity index (χ1n) is 8.45. The Kier molecular flexibility index (Phi) is 5.68. The van der Waals surface area contributed by atoms with Gasteiger partial charge in [-0.25, -0.2) is 4.79 Å². The summed E-state index contributed by atoms with van der Waals surface area (Å²) in [5.41, 5.74) is 7.68. The molecule has 1 aromatic heterocycles. The minimum Gasteiger partial charge on any atom is -0.452 e. The molecule has 1 aromatic carbocycles. The summed E-state index contributed by atoms with van der Waals surface area (Å²) in [6.07, 6.45) is 2.80. The van der Waals surface area contributed by atoms with Crippen LogP contribution >= 0.6 is 22.9 Å². The SMILES string of the molecule is CC1CCc2c(sc(NC(=O)COC(=O)c3ccc(Cl)c(N)c3)c2C#N)C1. The third kappa shape index (κ3) is 4.24. The number of nitriles is 1. The lowest BCUT2D eigenvalue weighted by atomic mass is 9.89. The van der Waals surface area contributed by atoms with Gasteiger partial charge in [-0.3, -0.25) is 4.79 Å². The van der Waals surface area contributed by atoms with Crippen LogP contribution in [0.15, 0.2) is 18.2 Å². The quantitative estimate of drug-likeness (QED) is 0.597. The van der Waals surface area contributed by atoms with E-state index in [2.05, 4.69) is 18.3 Å². The van der Waals surface area contributed by atoms with Crippen molar-refractivity contribution >= 4 is 45.5 Å². The van der Waals surface area contributed by atoms with Gasteiger partial charge in [0.25, 0.3) is 5.91 Å². The molecule has 0 saturated carbocycles. The summed E-state index contributed by atoms with van der Waals surface area (Å²) in [5, 5.41) is 13.0. The number of anilines is 2. The Morgan fingerprint density at radius 2 is 2.26 bits per heavy atom. The van der Waals surface area contributed by atoms with Crippen LogP contribution in [0.4, 0.5) is 10.7 Å². The number of nitrogens with two attached hydrogens (primary N) is 1. The molecule has 1 amide bonds. The molecular formula is C19H18ClN3O3S. The van der Waals surface area contributed by atoms with E-state index in [1.54, 1.807) is 0 Å². The number of carbonyl (C=O) groups excluding carboxylic acids is 2. The summed E-state index contributed by atoms with van der Waals surface area (Å²) in [4.78, 5) is 25.4. The number of esters is 1. The molecule has 1 aliphatic carbocycles. The number of hydrogen-bond acceptors (Lipinski definition) is 6. The number of thiophene rings is 1. The summed E-state index contributed by atoms with van der Waals surface area (Å²) in [6, 6.07) is 6.54. The van der Waals surface area contributed by atoms with Gasteiger partial charge in [-0.15, -0.1) is 11.3 Å². The number of ether oxygens (including phenoxy) is 1. The van der Waals surface area contributed by atoms with E-state index >= 15 is 0 Å². The monoisotopic (exact) mass is 403 g/mol. The number of hydrogen-bond donors (Lipinski definition) is 2. The fourth-order valence-corrected chi connectivity index (χ4v) is 4.50. The van der Waals surface area contributed by atoms with Gasteiger partial charge in [0, 0.05) is 4.88 Å². The number of amides is 1.